The molecule has 1 aliphatic heterocycles. The smallest absolute Gasteiger partial charge is 0.420 e. The molecule has 2 amide bonds. The molecule has 2 aromatic rings. The lowest BCUT2D eigenvalue weighted by Crippen LogP contribution is -2.43. The number of amidine groups is 1. The van der Waals surface area contributed by atoms with Gasteiger partial charge in [0.05, 0.1) is 16.4 Å². The fourth-order valence-electron chi connectivity index (χ4n) is 2.51. The summed E-state index contributed by atoms with van der Waals surface area (Å²) in [6, 6.07) is 12.2. The SMILES string of the molecule is CN1C(=O)CC(C(=O)Nc2ccccc2Cl)SC1=Nc1ccc(OC(F)(F)Cl)cc1. The number of carbonyl (C=O) groups is 2. The lowest BCUT2D eigenvalue weighted by molar-refractivity contribution is -0.128. The van der Waals surface area contributed by atoms with Crippen molar-refractivity contribution in [2.45, 2.75) is 17.2 Å². The number of anilines is 1. The molecule has 0 aliphatic carbocycles. The molecule has 2 aromatic carbocycles. The number of hydrogen-bond donors (Lipinski definition) is 1. The van der Waals surface area contributed by atoms with E-state index in [1.54, 1.807) is 31.3 Å². The van der Waals surface area contributed by atoms with Crippen molar-refractivity contribution < 1.29 is 23.1 Å². The molecule has 0 radical (unpaired) electrons. The lowest BCUT2D eigenvalue weighted by Gasteiger charge is -2.28. The van der Waals surface area contributed by atoms with Gasteiger partial charge in [-0.2, -0.15) is 0 Å². The standard InChI is InChI=1S/C19H15Cl2F2N3O3S/c1-26-16(27)10-15(17(28)25-14-5-3-2-4-13(14)20)30-18(26)24-11-6-8-12(9-7-11)29-19(21,22)23/h2-9,15H,10H2,1H3,(H,25,28). The zero-order valence-electron chi connectivity index (χ0n) is 15.4. The van der Waals surface area contributed by atoms with Crippen molar-refractivity contribution in [1.82, 2.24) is 4.90 Å². The van der Waals surface area contributed by atoms with Crippen LogP contribution in [0, 0.1) is 0 Å². The summed E-state index contributed by atoms with van der Waals surface area (Å²) in [5, 5.41) is 2.68. The minimum absolute atomic E-state index is 0.00590. The van der Waals surface area contributed by atoms with Crippen LogP contribution >= 0.6 is 35.0 Å². The molecule has 3 rings (SSSR count). The first-order valence-electron chi connectivity index (χ1n) is 8.55. The van der Waals surface area contributed by atoms with Gasteiger partial charge in [-0.1, -0.05) is 35.5 Å². The van der Waals surface area contributed by atoms with Gasteiger partial charge in [0, 0.05) is 25.1 Å². The number of rotatable bonds is 5. The van der Waals surface area contributed by atoms with Crippen molar-refractivity contribution in [3.05, 3.63) is 53.6 Å². The van der Waals surface area contributed by atoms with Gasteiger partial charge in [-0.05, 0) is 36.4 Å². The molecule has 11 heteroatoms. The lowest BCUT2D eigenvalue weighted by atomic mass is 10.2. The molecule has 0 spiro atoms. The molecule has 1 heterocycles. The summed E-state index contributed by atoms with van der Waals surface area (Å²) in [4.78, 5) is 30.7. The minimum atomic E-state index is -3.82. The largest absolute Gasteiger partial charge is 0.487 e. The van der Waals surface area contributed by atoms with E-state index in [1.165, 1.54) is 29.2 Å². The molecular formula is C19H15Cl2F2N3O3S. The maximum absolute atomic E-state index is 12.7. The highest BCUT2D eigenvalue weighted by Gasteiger charge is 2.34. The van der Waals surface area contributed by atoms with E-state index in [9.17, 15) is 18.4 Å². The second-order valence-electron chi connectivity index (χ2n) is 6.17. The van der Waals surface area contributed by atoms with E-state index in [0.717, 1.165) is 11.8 Å². The molecule has 6 nitrogen and oxygen atoms in total. The Labute approximate surface area is 185 Å². The Hall–Kier alpha value is -2.36. The van der Waals surface area contributed by atoms with Gasteiger partial charge in [0.15, 0.2) is 5.17 Å². The summed E-state index contributed by atoms with van der Waals surface area (Å²) in [6.45, 7) is 0. The predicted molar refractivity (Wildman–Crippen MR) is 114 cm³/mol. The van der Waals surface area contributed by atoms with Crippen LogP contribution in [0.3, 0.4) is 0 Å². The number of alkyl halides is 3. The summed E-state index contributed by atoms with van der Waals surface area (Å²) in [5.74, 6) is -0.805. The number of hydrogen-bond acceptors (Lipinski definition) is 5. The van der Waals surface area contributed by atoms with Crippen molar-refractivity contribution in [3.8, 4) is 5.75 Å². The molecule has 30 heavy (non-hydrogen) atoms. The van der Waals surface area contributed by atoms with E-state index < -0.39 is 10.8 Å². The second-order valence-corrected chi connectivity index (χ2v) is 8.19. The number of para-hydroxylation sites is 1. The van der Waals surface area contributed by atoms with Gasteiger partial charge in [0.25, 0.3) is 0 Å². The second kappa shape index (κ2) is 9.20. The zero-order valence-corrected chi connectivity index (χ0v) is 17.8. The van der Waals surface area contributed by atoms with Crippen LogP contribution in [0.4, 0.5) is 20.2 Å². The number of aliphatic imine (C=N–C) groups is 1. The Balaban J connectivity index is 1.75. The summed E-state index contributed by atoms with van der Waals surface area (Å²) < 4.78 is 29.6. The van der Waals surface area contributed by atoms with Crippen LogP contribution in [0.2, 0.25) is 5.02 Å². The summed E-state index contributed by atoms with van der Waals surface area (Å²) in [6.07, 6.45) is -0.00590. The Morgan fingerprint density at radius 3 is 2.57 bits per heavy atom. The third-order valence-corrected chi connectivity index (χ3v) is 5.64. The van der Waals surface area contributed by atoms with Crippen molar-refractivity contribution in [2.24, 2.45) is 4.99 Å². The van der Waals surface area contributed by atoms with Crippen LogP contribution in [0.1, 0.15) is 6.42 Å². The molecule has 0 bridgehead atoms. The van der Waals surface area contributed by atoms with Gasteiger partial charge < -0.3 is 10.1 Å². The first-order chi connectivity index (χ1) is 14.1. The molecule has 1 unspecified atom stereocenters. The van der Waals surface area contributed by atoms with Gasteiger partial charge in [0.2, 0.25) is 11.8 Å². The predicted octanol–water partition coefficient (Wildman–Crippen LogP) is 5.10. The summed E-state index contributed by atoms with van der Waals surface area (Å²) >= 11 is 11.9. The average Bonchev–Trinajstić information content (AvgIpc) is 2.67. The molecule has 1 atom stereocenters. The molecule has 1 N–H and O–H groups in total. The molecule has 1 aliphatic rings. The van der Waals surface area contributed by atoms with Gasteiger partial charge >= 0.3 is 5.57 Å². The van der Waals surface area contributed by atoms with Gasteiger partial charge in [-0.3, -0.25) is 14.5 Å². The topological polar surface area (TPSA) is 71.0 Å². The number of nitrogens with one attached hydrogen (secondary N) is 1. The number of amides is 2. The van der Waals surface area contributed by atoms with E-state index in [0.29, 0.717) is 21.6 Å². The van der Waals surface area contributed by atoms with E-state index in [1.807, 2.05) is 0 Å². The average molecular weight is 474 g/mol. The Kier molecular flexibility index (Phi) is 6.84. The van der Waals surface area contributed by atoms with Gasteiger partial charge in [0.1, 0.15) is 11.0 Å². The molecular weight excluding hydrogens is 459 g/mol. The maximum Gasteiger partial charge on any atom is 0.487 e. The van der Waals surface area contributed by atoms with Gasteiger partial charge in [-0.15, -0.1) is 8.78 Å². The van der Waals surface area contributed by atoms with Crippen LogP contribution in [0.15, 0.2) is 53.5 Å². The number of ether oxygens (including phenoxy) is 1. The van der Waals surface area contributed by atoms with Gasteiger partial charge in [-0.25, -0.2) is 4.99 Å². The van der Waals surface area contributed by atoms with Crippen molar-refractivity contribution >= 4 is 63.3 Å². The van der Waals surface area contributed by atoms with Crippen molar-refractivity contribution in [2.75, 3.05) is 12.4 Å². The third kappa shape index (κ3) is 5.84. The van der Waals surface area contributed by atoms with Crippen LogP contribution in [0.25, 0.3) is 0 Å². The number of carbonyl (C=O) groups excluding carboxylic acids is 2. The normalized spacial score (nSPS) is 18.4. The number of halogens is 4. The summed E-state index contributed by atoms with van der Waals surface area (Å²) in [5.41, 5.74) is -2.99. The van der Waals surface area contributed by atoms with Crippen LogP contribution < -0.4 is 10.1 Å². The van der Waals surface area contributed by atoms with Crippen LogP contribution in [-0.4, -0.2) is 39.7 Å². The number of thioether (sulfide) groups is 1. The fourth-order valence-corrected chi connectivity index (χ4v) is 3.84. The quantitative estimate of drug-likeness (QED) is 0.613. The first kappa shape index (κ1) is 22.3. The number of benzene rings is 2. The first-order valence-corrected chi connectivity index (χ1v) is 10.2. The Morgan fingerprint density at radius 2 is 1.93 bits per heavy atom. The van der Waals surface area contributed by atoms with E-state index in [2.05, 4.69) is 15.0 Å². The Morgan fingerprint density at radius 1 is 1.27 bits per heavy atom. The molecule has 0 aromatic heterocycles. The molecule has 158 valence electrons. The van der Waals surface area contributed by atoms with Crippen LogP contribution in [0.5, 0.6) is 5.75 Å². The van der Waals surface area contributed by atoms with Crippen molar-refractivity contribution in [3.63, 3.8) is 0 Å². The monoisotopic (exact) mass is 473 g/mol. The third-order valence-electron chi connectivity index (χ3n) is 3.99. The van der Waals surface area contributed by atoms with E-state index in [-0.39, 0.29) is 24.0 Å². The Bertz CT molecular complexity index is 984. The minimum Gasteiger partial charge on any atom is -0.420 e. The highest BCUT2D eigenvalue weighted by molar-refractivity contribution is 8.15. The van der Waals surface area contributed by atoms with E-state index >= 15 is 0 Å². The fraction of sp³-hybridized carbons (Fsp3) is 0.211. The maximum atomic E-state index is 12.7. The highest BCUT2D eigenvalue weighted by atomic mass is 35.5. The van der Waals surface area contributed by atoms with Crippen LogP contribution in [-0.2, 0) is 9.59 Å². The van der Waals surface area contributed by atoms with E-state index in [4.69, 9.17) is 23.2 Å². The molecule has 1 fully saturated rings. The zero-order chi connectivity index (χ0) is 21.9. The summed E-state index contributed by atoms with van der Waals surface area (Å²) in [7, 11) is 1.54. The number of nitrogens with zero attached hydrogens (tertiary/aromatic N) is 2. The van der Waals surface area contributed by atoms with Crippen molar-refractivity contribution in [1.29, 1.82) is 0 Å². The molecule has 0 saturated carbocycles. The molecule has 1 saturated heterocycles. The highest BCUT2D eigenvalue weighted by Crippen LogP contribution is 2.31.